The maximum atomic E-state index is 14.0. The molecule has 232 valence electrons. The molecule has 0 spiro atoms. The maximum absolute atomic E-state index is 14.0. The molecule has 16 heteroatoms. The fourth-order valence-electron chi connectivity index (χ4n) is 5.18. The lowest BCUT2D eigenvalue weighted by Gasteiger charge is -2.35. The number of hydrogen-bond acceptors (Lipinski definition) is 4. The first-order valence-corrected chi connectivity index (χ1v) is 13.4. The van der Waals surface area contributed by atoms with Gasteiger partial charge in [-0.2, -0.15) is 26.3 Å². The van der Waals surface area contributed by atoms with Crippen molar-refractivity contribution in [2.45, 2.75) is 69.5 Å². The van der Waals surface area contributed by atoms with E-state index in [0.29, 0.717) is 31.7 Å². The molecule has 1 aromatic heterocycles. The van der Waals surface area contributed by atoms with Crippen molar-refractivity contribution in [3.05, 3.63) is 63.7 Å². The van der Waals surface area contributed by atoms with Crippen LogP contribution in [-0.4, -0.2) is 39.0 Å². The van der Waals surface area contributed by atoms with E-state index in [-0.39, 0.29) is 40.3 Å². The van der Waals surface area contributed by atoms with Gasteiger partial charge in [0.2, 0.25) is 5.91 Å². The third kappa shape index (κ3) is 6.40. The molecule has 1 heterocycles. The maximum Gasteiger partial charge on any atom is 0.419 e. The third-order valence-electron chi connectivity index (χ3n) is 7.36. The fourth-order valence-corrected chi connectivity index (χ4v) is 5.42. The Hall–Kier alpha value is -3.88. The van der Waals surface area contributed by atoms with Crippen molar-refractivity contribution in [3.63, 3.8) is 0 Å². The molecule has 1 atom stereocenters. The first-order valence-electron chi connectivity index (χ1n) is 13.0. The standard InChI is InChI=1S/C27H25ClF7N5O3/c1-2-40-19-12-16(28)14(22(41)39-25(24(36)43)8-4-3-5-9-25)11-18(19)37-21(40)23(42)38-20(27(33,34)35)13-6-7-17(29)15(10-13)26(30,31)32/h6-7,10-12,20H,2-5,8-9H2,1H3,(H2,36,43)(H,38,42)(H,39,41). The summed E-state index contributed by atoms with van der Waals surface area (Å²) >= 11 is 6.36. The molecule has 43 heavy (non-hydrogen) atoms. The lowest BCUT2D eigenvalue weighted by Crippen LogP contribution is -2.58. The zero-order valence-corrected chi connectivity index (χ0v) is 23.2. The minimum Gasteiger partial charge on any atom is -0.368 e. The lowest BCUT2D eigenvalue weighted by atomic mass is 9.81. The molecule has 3 amide bonds. The number of alkyl halides is 6. The van der Waals surface area contributed by atoms with E-state index in [1.165, 1.54) is 16.7 Å². The van der Waals surface area contributed by atoms with Crippen LogP contribution in [0.3, 0.4) is 0 Å². The van der Waals surface area contributed by atoms with Crippen LogP contribution in [0, 0.1) is 5.82 Å². The number of fused-ring (bicyclic) bond motifs is 1. The largest absolute Gasteiger partial charge is 0.419 e. The molecular weight excluding hydrogens is 611 g/mol. The van der Waals surface area contributed by atoms with Crippen molar-refractivity contribution in [1.29, 1.82) is 0 Å². The van der Waals surface area contributed by atoms with E-state index < -0.39 is 64.4 Å². The summed E-state index contributed by atoms with van der Waals surface area (Å²) in [4.78, 5) is 42.6. The molecule has 1 aliphatic carbocycles. The molecule has 8 nitrogen and oxygen atoms in total. The van der Waals surface area contributed by atoms with Crippen LogP contribution in [0.4, 0.5) is 30.7 Å². The molecule has 4 rings (SSSR count). The molecule has 1 fully saturated rings. The summed E-state index contributed by atoms with van der Waals surface area (Å²) < 4.78 is 96.3. The smallest absolute Gasteiger partial charge is 0.368 e. The number of rotatable bonds is 7. The Morgan fingerprint density at radius 3 is 2.26 bits per heavy atom. The number of halogens is 8. The van der Waals surface area contributed by atoms with E-state index in [1.807, 2.05) is 0 Å². The highest BCUT2D eigenvalue weighted by molar-refractivity contribution is 6.34. The lowest BCUT2D eigenvalue weighted by molar-refractivity contribution is -0.156. The van der Waals surface area contributed by atoms with Gasteiger partial charge in [-0.3, -0.25) is 14.4 Å². The van der Waals surface area contributed by atoms with Crippen LogP contribution in [0.25, 0.3) is 11.0 Å². The summed E-state index contributed by atoms with van der Waals surface area (Å²) in [7, 11) is 0. The predicted octanol–water partition coefficient (Wildman–Crippen LogP) is 5.82. The Bertz CT molecular complexity index is 1580. The van der Waals surface area contributed by atoms with Crippen molar-refractivity contribution in [2.75, 3.05) is 0 Å². The van der Waals surface area contributed by atoms with Crippen LogP contribution in [0.15, 0.2) is 30.3 Å². The van der Waals surface area contributed by atoms with Gasteiger partial charge in [-0.15, -0.1) is 0 Å². The summed E-state index contributed by atoms with van der Waals surface area (Å²) in [5, 5.41) is 4.18. The van der Waals surface area contributed by atoms with Gasteiger partial charge >= 0.3 is 12.4 Å². The molecule has 0 radical (unpaired) electrons. The van der Waals surface area contributed by atoms with Crippen molar-refractivity contribution < 1.29 is 45.1 Å². The van der Waals surface area contributed by atoms with Crippen LogP contribution in [0.2, 0.25) is 5.02 Å². The molecule has 1 aliphatic rings. The number of carbonyl (C=O) groups is 3. The number of carbonyl (C=O) groups excluding carboxylic acids is 3. The molecule has 0 saturated heterocycles. The van der Waals surface area contributed by atoms with Crippen LogP contribution < -0.4 is 16.4 Å². The average Bonchev–Trinajstić information content (AvgIpc) is 3.28. The minimum absolute atomic E-state index is 0.00261. The zero-order valence-electron chi connectivity index (χ0n) is 22.4. The van der Waals surface area contributed by atoms with Gasteiger partial charge in [-0.25, -0.2) is 9.37 Å². The summed E-state index contributed by atoms with van der Waals surface area (Å²) in [6, 6.07) is 0.220. The summed E-state index contributed by atoms with van der Waals surface area (Å²) in [5.74, 6) is -5.21. The fraction of sp³-hybridized carbons (Fsp3) is 0.407. The van der Waals surface area contributed by atoms with Gasteiger partial charge in [0.05, 0.1) is 27.2 Å². The first kappa shape index (κ1) is 32.0. The van der Waals surface area contributed by atoms with Gasteiger partial charge in [0.1, 0.15) is 11.4 Å². The number of imidazole rings is 1. The SMILES string of the molecule is CCn1c(C(=O)NC(c2ccc(F)c(C(F)(F)F)c2)C(F)(F)F)nc2cc(C(=O)NC3(C(N)=O)CCCCC3)c(Cl)cc21. The second-order valence-electron chi connectivity index (χ2n) is 10.1. The van der Waals surface area contributed by atoms with Crippen LogP contribution in [-0.2, 0) is 17.5 Å². The van der Waals surface area contributed by atoms with Crippen molar-refractivity contribution >= 4 is 40.4 Å². The second kappa shape index (κ2) is 11.7. The van der Waals surface area contributed by atoms with Crippen LogP contribution >= 0.6 is 11.6 Å². The quantitative estimate of drug-likeness (QED) is 0.284. The number of aryl methyl sites for hydroxylation is 1. The molecule has 0 aliphatic heterocycles. The van der Waals surface area contributed by atoms with E-state index in [0.717, 1.165) is 6.42 Å². The van der Waals surface area contributed by atoms with Gasteiger partial charge in [-0.05, 0) is 49.6 Å². The molecule has 3 aromatic rings. The van der Waals surface area contributed by atoms with Gasteiger partial charge in [0.25, 0.3) is 11.8 Å². The van der Waals surface area contributed by atoms with Gasteiger partial charge in [0.15, 0.2) is 11.9 Å². The highest BCUT2D eigenvalue weighted by Crippen LogP contribution is 2.38. The molecule has 1 unspecified atom stereocenters. The summed E-state index contributed by atoms with van der Waals surface area (Å²) in [6.45, 7) is 1.54. The van der Waals surface area contributed by atoms with Crippen molar-refractivity contribution in [1.82, 2.24) is 20.2 Å². The molecule has 0 bridgehead atoms. The number of nitrogens with two attached hydrogens (primary N) is 1. The molecular formula is C27H25ClF7N5O3. The van der Waals surface area contributed by atoms with E-state index >= 15 is 0 Å². The number of aromatic nitrogens is 2. The van der Waals surface area contributed by atoms with Crippen molar-refractivity contribution in [3.8, 4) is 0 Å². The number of primary amides is 1. The normalized spacial score (nSPS) is 16.1. The molecule has 2 aromatic carbocycles. The summed E-state index contributed by atoms with van der Waals surface area (Å²) in [5.41, 5.74) is 1.33. The van der Waals surface area contributed by atoms with Gasteiger partial charge in [0, 0.05) is 6.54 Å². The van der Waals surface area contributed by atoms with Gasteiger partial charge in [-0.1, -0.05) is 36.9 Å². The number of nitrogens with zero attached hydrogens (tertiary/aromatic N) is 2. The van der Waals surface area contributed by atoms with Crippen LogP contribution in [0.1, 0.15) is 77.2 Å². The Kier molecular flexibility index (Phi) is 8.69. The summed E-state index contributed by atoms with van der Waals surface area (Å²) in [6.07, 6.45) is -7.75. The first-order chi connectivity index (χ1) is 20.0. The van der Waals surface area contributed by atoms with E-state index in [1.54, 1.807) is 12.2 Å². The Balaban J connectivity index is 1.70. The monoisotopic (exact) mass is 635 g/mol. The third-order valence-corrected chi connectivity index (χ3v) is 7.68. The van der Waals surface area contributed by atoms with Crippen molar-refractivity contribution in [2.24, 2.45) is 5.73 Å². The topological polar surface area (TPSA) is 119 Å². The number of benzene rings is 2. The Morgan fingerprint density at radius 2 is 1.70 bits per heavy atom. The number of hydrogen-bond donors (Lipinski definition) is 3. The predicted molar refractivity (Wildman–Crippen MR) is 141 cm³/mol. The second-order valence-corrected chi connectivity index (χ2v) is 10.6. The minimum atomic E-state index is -5.28. The highest BCUT2D eigenvalue weighted by Gasteiger charge is 2.44. The number of nitrogens with one attached hydrogen (secondary N) is 2. The van der Waals surface area contributed by atoms with E-state index in [4.69, 9.17) is 17.3 Å². The number of amides is 3. The van der Waals surface area contributed by atoms with Gasteiger partial charge < -0.3 is 20.9 Å². The van der Waals surface area contributed by atoms with Crippen LogP contribution in [0.5, 0.6) is 0 Å². The average molecular weight is 636 g/mol. The van der Waals surface area contributed by atoms with E-state index in [9.17, 15) is 45.1 Å². The highest BCUT2D eigenvalue weighted by atomic mass is 35.5. The zero-order chi connectivity index (χ0) is 31.9. The Labute approximate surface area is 244 Å². The Morgan fingerprint density at radius 1 is 1.05 bits per heavy atom. The van der Waals surface area contributed by atoms with E-state index in [2.05, 4.69) is 10.3 Å². The molecule has 1 saturated carbocycles. The molecule has 4 N–H and O–H groups in total.